The van der Waals surface area contributed by atoms with Gasteiger partial charge in [0.2, 0.25) is 0 Å². The highest BCUT2D eigenvalue weighted by Gasteiger charge is 1.97. The maximum absolute atomic E-state index is 5.06. The van der Waals surface area contributed by atoms with E-state index in [-0.39, 0.29) is 12.4 Å². The highest BCUT2D eigenvalue weighted by atomic mass is 35.5. The van der Waals surface area contributed by atoms with Gasteiger partial charge in [0, 0.05) is 6.10 Å². The lowest BCUT2D eigenvalue weighted by atomic mass is 10.2. The van der Waals surface area contributed by atoms with Crippen LogP contribution in [0.2, 0.25) is 0 Å². The fraction of sp³-hybridized carbons (Fsp3) is 1.00. The third-order valence-corrected chi connectivity index (χ3v) is 1.64. The van der Waals surface area contributed by atoms with Crippen LogP contribution < -0.4 is 0 Å². The summed E-state index contributed by atoms with van der Waals surface area (Å²) in [6.45, 7) is 4.32. The molecule has 0 bridgehead atoms. The SMILES string of the molecule is CCCC(CC)[O][Al].Cl. The van der Waals surface area contributed by atoms with Crippen molar-refractivity contribution in [1.82, 2.24) is 0 Å². The predicted octanol–water partition coefficient (Wildman–Crippen LogP) is 2.09. The van der Waals surface area contributed by atoms with Crippen molar-refractivity contribution in [3.63, 3.8) is 0 Å². The summed E-state index contributed by atoms with van der Waals surface area (Å²) in [5.74, 6) is 0. The molecule has 0 amide bonds. The van der Waals surface area contributed by atoms with Gasteiger partial charge in [-0.2, -0.15) is 0 Å². The Labute approximate surface area is 72.3 Å². The first-order valence-electron chi connectivity index (χ1n) is 3.20. The molecule has 1 atom stereocenters. The molecule has 54 valence electrons. The highest BCUT2D eigenvalue weighted by Crippen LogP contribution is 2.02. The van der Waals surface area contributed by atoms with Crippen molar-refractivity contribution < 1.29 is 3.79 Å². The van der Waals surface area contributed by atoms with Crippen molar-refractivity contribution in [3.05, 3.63) is 0 Å². The van der Waals surface area contributed by atoms with Crippen LogP contribution in [0, 0.1) is 0 Å². The van der Waals surface area contributed by atoms with Gasteiger partial charge >= 0.3 is 16.6 Å². The number of halogens is 1. The van der Waals surface area contributed by atoms with Gasteiger partial charge in [0.25, 0.3) is 0 Å². The molecule has 0 aliphatic rings. The lowest BCUT2D eigenvalue weighted by Gasteiger charge is -2.12. The second-order valence-corrected chi connectivity index (χ2v) is 2.23. The Kier molecular flexibility index (Phi) is 12.2. The van der Waals surface area contributed by atoms with E-state index in [1.165, 1.54) is 12.8 Å². The minimum Gasteiger partial charge on any atom is -0.514 e. The molecule has 0 saturated carbocycles. The van der Waals surface area contributed by atoms with E-state index >= 15 is 0 Å². The van der Waals surface area contributed by atoms with E-state index in [9.17, 15) is 0 Å². The number of hydrogen-bond donors (Lipinski definition) is 0. The summed E-state index contributed by atoms with van der Waals surface area (Å²) >= 11 is 2.31. The fourth-order valence-corrected chi connectivity index (χ4v) is 1.02. The molecule has 0 N–H and O–H groups in total. The fourth-order valence-electron chi connectivity index (χ4n) is 0.690. The minimum absolute atomic E-state index is 0. The van der Waals surface area contributed by atoms with Crippen molar-refractivity contribution in [3.8, 4) is 0 Å². The van der Waals surface area contributed by atoms with Crippen LogP contribution in [0.4, 0.5) is 0 Å². The van der Waals surface area contributed by atoms with Crippen LogP contribution in [-0.4, -0.2) is 22.7 Å². The van der Waals surface area contributed by atoms with E-state index < -0.39 is 0 Å². The van der Waals surface area contributed by atoms with Gasteiger partial charge in [-0.3, -0.25) is 0 Å². The molecular formula is C6H14AlClO. The van der Waals surface area contributed by atoms with E-state index in [2.05, 4.69) is 30.5 Å². The molecule has 0 aliphatic heterocycles. The summed E-state index contributed by atoms with van der Waals surface area (Å²) < 4.78 is 5.06. The normalized spacial score (nSPS) is 12.2. The zero-order valence-electron chi connectivity index (χ0n) is 6.09. The molecule has 3 heteroatoms. The van der Waals surface area contributed by atoms with Gasteiger partial charge in [-0.05, 0) is 12.8 Å². The third kappa shape index (κ3) is 6.67. The highest BCUT2D eigenvalue weighted by molar-refractivity contribution is 5.98. The van der Waals surface area contributed by atoms with Crippen molar-refractivity contribution in [2.24, 2.45) is 0 Å². The first-order chi connectivity index (χ1) is 3.85. The average molecular weight is 165 g/mol. The summed E-state index contributed by atoms with van der Waals surface area (Å²) in [5, 5.41) is 0. The Balaban J connectivity index is 0. The number of rotatable bonds is 4. The Morgan fingerprint density at radius 2 is 2.00 bits per heavy atom. The van der Waals surface area contributed by atoms with Crippen LogP contribution in [-0.2, 0) is 3.79 Å². The van der Waals surface area contributed by atoms with Crippen LogP contribution >= 0.6 is 12.4 Å². The molecule has 0 heterocycles. The van der Waals surface area contributed by atoms with Crippen LogP contribution in [0.3, 0.4) is 0 Å². The summed E-state index contributed by atoms with van der Waals surface area (Å²) in [6, 6.07) is 0. The lowest BCUT2D eigenvalue weighted by Crippen LogP contribution is -2.08. The second kappa shape index (κ2) is 8.78. The Morgan fingerprint density at radius 3 is 2.11 bits per heavy atom. The van der Waals surface area contributed by atoms with E-state index in [4.69, 9.17) is 3.79 Å². The van der Waals surface area contributed by atoms with Crippen LogP contribution in [0.25, 0.3) is 0 Å². The molecule has 0 aliphatic carbocycles. The summed E-state index contributed by atoms with van der Waals surface area (Å²) in [7, 11) is 0. The van der Waals surface area contributed by atoms with Crippen molar-refractivity contribution in [1.29, 1.82) is 0 Å². The van der Waals surface area contributed by atoms with Gasteiger partial charge < -0.3 is 3.79 Å². The maximum Gasteiger partial charge on any atom is 0.369 e. The molecule has 0 aromatic carbocycles. The van der Waals surface area contributed by atoms with Crippen molar-refractivity contribution >= 4 is 29.0 Å². The Bertz CT molecular complexity index is 48.3. The Hall–Kier alpha value is 0.782. The van der Waals surface area contributed by atoms with Crippen LogP contribution in [0.1, 0.15) is 33.1 Å². The minimum atomic E-state index is 0. The molecule has 2 radical (unpaired) electrons. The van der Waals surface area contributed by atoms with Crippen LogP contribution in [0.15, 0.2) is 0 Å². The topological polar surface area (TPSA) is 9.23 Å². The van der Waals surface area contributed by atoms with E-state index in [1.807, 2.05) is 0 Å². The molecular weight excluding hydrogens is 150 g/mol. The van der Waals surface area contributed by atoms with E-state index in [0.29, 0.717) is 6.10 Å². The summed E-state index contributed by atoms with van der Waals surface area (Å²) in [5.41, 5.74) is 0. The molecule has 1 nitrogen and oxygen atoms in total. The van der Waals surface area contributed by atoms with Gasteiger partial charge in [0.05, 0.1) is 0 Å². The molecule has 1 unspecified atom stereocenters. The van der Waals surface area contributed by atoms with Crippen molar-refractivity contribution in [2.75, 3.05) is 0 Å². The first-order valence-corrected chi connectivity index (χ1v) is 3.67. The third-order valence-electron chi connectivity index (χ3n) is 1.26. The molecule has 0 rings (SSSR count). The van der Waals surface area contributed by atoms with Crippen LogP contribution in [0.5, 0.6) is 0 Å². The lowest BCUT2D eigenvalue weighted by molar-refractivity contribution is 0.204. The number of hydrogen-bond acceptors (Lipinski definition) is 1. The monoisotopic (exact) mass is 164 g/mol. The van der Waals surface area contributed by atoms with Crippen molar-refractivity contribution in [2.45, 2.75) is 39.2 Å². The zero-order valence-corrected chi connectivity index (χ0v) is 8.06. The quantitative estimate of drug-likeness (QED) is 0.579. The largest absolute Gasteiger partial charge is 0.514 e. The predicted molar refractivity (Wildman–Crippen MR) is 43.1 cm³/mol. The maximum atomic E-state index is 5.06. The van der Waals surface area contributed by atoms with Gasteiger partial charge in [-0.15, -0.1) is 12.4 Å². The first kappa shape index (κ1) is 12.5. The molecule has 0 fully saturated rings. The summed E-state index contributed by atoms with van der Waals surface area (Å²) in [4.78, 5) is 0. The standard InChI is InChI=1S/C6H13O.Al.ClH/c1-3-5-6(7)4-2;;/h6H,3-5H2,1-2H3;;1H/q-1;+1;. The van der Waals surface area contributed by atoms with E-state index in [1.54, 1.807) is 0 Å². The molecule has 0 saturated heterocycles. The summed E-state index contributed by atoms with van der Waals surface area (Å²) in [6.07, 6.45) is 3.98. The molecule has 9 heavy (non-hydrogen) atoms. The molecule has 0 spiro atoms. The Morgan fingerprint density at radius 1 is 1.44 bits per heavy atom. The van der Waals surface area contributed by atoms with Gasteiger partial charge in [-0.25, -0.2) is 0 Å². The molecule has 0 aromatic heterocycles. The van der Waals surface area contributed by atoms with Gasteiger partial charge in [0.1, 0.15) is 0 Å². The van der Waals surface area contributed by atoms with Gasteiger partial charge in [-0.1, -0.05) is 20.3 Å². The molecule has 0 aromatic rings. The van der Waals surface area contributed by atoms with Gasteiger partial charge in [0.15, 0.2) is 0 Å². The van der Waals surface area contributed by atoms with E-state index in [0.717, 1.165) is 6.42 Å². The average Bonchev–Trinajstić information content (AvgIpc) is 1.83. The zero-order chi connectivity index (χ0) is 6.41. The second-order valence-electron chi connectivity index (χ2n) is 1.96. The smallest absolute Gasteiger partial charge is 0.369 e.